The van der Waals surface area contributed by atoms with Crippen molar-refractivity contribution in [1.82, 2.24) is 4.90 Å². The molecule has 1 saturated heterocycles. The van der Waals surface area contributed by atoms with Gasteiger partial charge in [-0.1, -0.05) is 18.2 Å². The number of hydrogen-bond acceptors (Lipinski definition) is 2. The van der Waals surface area contributed by atoms with Crippen LogP contribution in [0, 0.1) is 0 Å². The average molecular weight is 252 g/mol. The molecule has 1 aromatic rings. The van der Waals surface area contributed by atoms with E-state index in [1.54, 1.807) is 0 Å². The highest BCUT2D eigenvalue weighted by molar-refractivity contribution is 6.18. The predicted octanol–water partition coefficient (Wildman–Crippen LogP) is 2.69. The quantitative estimate of drug-likeness (QED) is 0.766. The summed E-state index contributed by atoms with van der Waals surface area (Å²) in [6.45, 7) is 2.19. The SMILES string of the molecule is ClCC1CCCN1CC1Cc2ccccc2O1. The molecule has 2 atom stereocenters. The molecule has 1 aromatic carbocycles. The van der Waals surface area contributed by atoms with E-state index in [0.29, 0.717) is 12.1 Å². The zero-order chi connectivity index (χ0) is 11.7. The first-order chi connectivity index (χ1) is 8.36. The summed E-state index contributed by atoms with van der Waals surface area (Å²) in [5.41, 5.74) is 1.35. The van der Waals surface area contributed by atoms with E-state index in [9.17, 15) is 0 Å². The lowest BCUT2D eigenvalue weighted by Gasteiger charge is -2.25. The van der Waals surface area contributed by atoms with Gasteiger partial charge in [0.2, 0.25) is 0 Å². The Balaban J connectivity index is 1.62. The molecule has 2 nitrogen and oxygen atoms in total. The van der Waals surface area contributed by atoms with Crippen molar-refractivity contribution in [3.63, 3.8) is 0 Å². The third-order valence-electron chi connectivity index (χ3n) is 3.83. The van der Waals surface area contributed by atoms with E-state index < -0.39 is 0 Å². The summed E-state index contributed by atoms with van der Waals surface area (Å²) in [5, 5.41) is 0. The van der Waals surface area contributed by atoms with Gasteiger partial charge in [0, 0.05) is 24.9 Å². The zero-order valence-electron chi connectivity index (χ0n) is 9.94. The molecule has 2 aliphatic rings. The normalized spacial score (nSPS) is 28.1. The number of likely N-dealkylation sites (tertiary alicyclic amines) is 1. The van der Waals surface area contributed by atoms with Gasteiger partial charge >= 0.3 is 0 Å². The highest BCUT2D eigenvalue weighted by Gasteiger charge is 2.29. The number of benzene rings is 1. The van der Waals surface area contributed by atoms with Crippen molar-refractivity contribution >= 4 is 11.6 Å². The molecule has 0 aromatic heterocycles. The summed E-state index contributed by atoms with van der Waals surface area (Å²) in [5.74, 6) is 1.82. The molecule has 2 unspecified atom stereocenters. The van der Waals surface area contributed by atoms with Crippen LogP contribution in [0.5, 0.6) is 5.75 Å². The minimum absolute atomic E-state index is 0.316. The zero-order valence-corrected chi connectivity index (χ0v) is 10.7. The van der Waals surface area contributed by atoms with Gasteiger partial charge in [-0.25, -0.2) is 0 Å². The van der Waals surface area contributed by atoms with Crippen LogP contribution >= 0.6 is 11.6 Å². The van der Waals surface area contributed by atoms with Crippen LogP contribution < -0.4 is 4.74 Å². The van der Waals surface area contributed by atoms with Crippen molar-refractivity contribution in [3.8, 4) is 5.75 Å². The maximum atomic E-state index is 5.99. The summed E-state index contributed by atoms with van der Waals surface area (Å²) >= 11 is 5.99. The van der Waals surface area contributed by atoms with Crippen molar-refractivity contribution in [2.24, 2.45) is 0 Å². The molecule has 0 saturated carbocycles. The number of nitrogens with zero attached hydrogens (tertiary/aromatic N) is 1. The van der Waals surface area contributed by atoms with E-state index in [0.717, 1.165) is 24.6 Å². The Morgan fingerprint density at radius 1 is 1.35 bits per heavy atom. The monoisotopic (exact) mass is 251 g/mol. The van der Waals surface area contributed by atoms with E-state index in [1.807, 2.05) is 6.07 Å². The number of halogens is 1. The second-order valence-corrected chi connectivity index (χ2v) is 5.31. The number of alkyl halides is 1. The molecular weight excluding hydrogens is 234 g/mol. The fraction of sp³-hybridized carbons (Fsp3) is 0.571. The largest absolute Gasteiger partial charge is 0.488 e. The Morgan fingerprint density at radius 3 is 3.06 bits per heavy atom. The van der Waals surface area contributed by atoms with Crippen molar-refractivity contribution in [3.05, 3.63) is 29.8 Å². The highest BCUT2D eigenvalue weighted by Crippen LogP contribution is 2.29. The Morgan fingerprint density at radius 2 is 2.24 bits per heavy atom. The van der Waals surface area contributed by atoms with Crippen LogP contribution in [0.4, 0.5) is 0 Å². The van der Waals surface area contributed by atoms with Gasteiger partial charge < -0.3 is 4.74 Å². The summed E-state index contributed by atoms with van der Waals surface area (Å²) in [4.78, 5) is 2.49. The first-order valence-electron chi connectivity index (χ1n) is 6.41. The van der Waals surface area contributed by atoms with Crippen LogP contribution in [0.1, 0.15) is 18.4 Å². The Labute approximate surface area is 108 Å². The smallest absolute Gasteiger partial charge is 0.123 e. The van der Waals surface area contributed by atoms with Crippen molar-refractivity contribution in [1.29, 1.82) is 0 Å². The molecule has 3 heteroatoms. The van der Waals surface area contributed by atoms with Crippen LogP contribution in [0.25, 0.3) is 0 Å². The first-order valence-corrected chi connectivity index (χ1v) is 6.95. The van der Waals surface area contributed by atoms with E-state index >= 15 is 0 Å². The lowest BCUT2D eigenvalue weighted by atomic mass is 10.1. The molecule has 17 heavy (non-hydrogen) atoms. The Hall–Kier alpha value is -0.730. The fourth-order valence-electron chi connectivity index (χ4n) is 2.93. The van der Waals surface area contributed by atoms with Crippen molar-refractivity contribution < 1.29 is 4.74 Å². The van der Waals surface area contributed by atoms with Gasteiger partial charge in [0.15, 0.2) is 0 Å². The van der Waals surface area contributed by atoms with E-state index in [1.165, 1.54) is 24.9 Å². The molecule has 92 valence electrons. The molecule has 0 bridgehead atoms. The number of ether oxygens (including phenoxy) is 1. The fourth-order valence-corrected chi connectivity index (χ4v) is 3.28. The molecule has 0 N–H and O–H groups in total. The van der Waals surface area contributed by atoms with E-state index in [2.05, 4.69) is 23.1 Å². The Bertz CT molecular complexity index is 371. The standard InChI is InChI=1S/C14H18ClNO/c15-9-12-5-3-7-16(12)10-13-8-11-4-1-2-6-14(11)17-13/h1-2,4,6,12-13H,3,5,7-10H2. The van der Waals surface area contributed by atoms with Gasteiger partial charge in [0.05, 0.1) is 0 Å². The van der Waals surface area contributed by atoms with Crippen LogP contribution in [0.3, 0.4) is 0 Å². The van der Waals surface area contributed by atoms with Crippen molar-refractivity contribution in [2.75, 3.05) is 19.0 Å². The third kappa shape index (κ3) is 2.29. The lowest BCUT2D eigenvalue weighted by molar-refractivity contribution is 0.147. The summed E-state index contributed by atoms with van der Waals surface area (Å²) < 4.78 is 5.98. The molecule has 3 rings (SSSR count). The summed E-state index contributed by atoms with van der Waals surface area (Å²) in [7, 11) is 0. The van der Waals surface area contributed by atoms with E-state index in [-0.39, 0.29) is 0 Å². The molecule has 0 radical (unpaired) electrons. The molecule has 2 heterocycles. The predicted molar refractivity (Wildman–Crippen MR) is 69.9 cm³/mol. The number of para-hydroxylation sites is 1. The first kappa shape index (κ1) is 11.4. The Kier molecular flexibility index (Phi) is 3.26. The minimum atomic E-state index is 0.316. The number of rotatable bonds is 3. The summed E-state index contributed by atoms with van der Waals surface area (Å²) in [6.07, 6.45) is 3.87. The van der Waals surface area contributed by atoms with Gasteiger partial charge in [0.25, 0.3) is 0 Å². The second kappa shape index (κ2) is 4.87. The maximum Gasteiger partial charge on any atom is 0.123 e. The molecule has 1 fully saturated rings. The second-order valence-electron chi connectivity index (χ2n) is 5.00. The lowest BCUT2D eigenvalue weighted by Crippen LogP contribution is -2.38. The molecular formula is C14H18ClNO. The van der Waals surface area contributed by atoms with Gasteiger partial charge in [-0.3, -0.25) is 4.90 Å². The molecule has 0 aliphatic carbocycles. The van der Waals surface area contributed by atoms with Crippen LogP contribution in [0.2, 0.25) is 0 Å². The van der Waals surface area contributed by atoms with Gasteiger partial charge in [0.1, 0.15) is 11.9 Å². The molecule has 2 aliphatic heterocycles. The molecule has 0 spiro atoms. The third-order valence-corrected chi connectivity index (χ3v) is 4.19. The molecule has 0 amide bonds. The van der Waals surface area contributed by atoms with Crippen LogP contribution in [-0.4, -0.2) is 36.0 Å². The topological polar surface area (TPSA) is 12.5 Å². The number of hydrogen-bond donors (Lipinski definition) is 0. The van der Waals surface area contributed by atoms with Crippen LogP contribution in [-0.2, 0) is 6.42 Å². The summed E-state index contributed by atoms with van der Waals surface area (Å²) in [6, 6.07) is 8.92. The van der Waals surface area contributed by atoms with Gasteiger partial charge in [-0.15, -0.1) is 11.6 Å². The van der Waals surface area contributed by atoms with Gasteiger partial charge in [-0.2, -0.15) is 0 Å². The minimum Gasteiger partial charge on any atom is -0.488 e. The highest BCUT2D eigenvalue weighted by atomic mass is 35.5. The van der Waals surface area contributed by atoms with Crippen molar-refractivity contribution in [2.45, 2.75) is 31.4 Å². The van der Waals surface area contributed by atoms with Gasteiger partial charge in [-0.05, 0) is 31.0 Å². The van der Waals surface area contributed by atoms with E-state index in [4.69, 9.17) is 16.3 Å². The number of fused-ring (bicyclic) bond motifs is 1. The average Bonchev–Trinajstić information content (AvgIpc) is 2.94. The van der Waals surface area contributed by atoms with Crippen LogP contribution in [0.15, 0.2) is 24.3 Å². The maximum absolute atomic E-state index is 5.99.